The lowest BCUT2D eigenvalue weighted by molar-refractivity contribution is 0.185. The third-order valence-electron chi connectivity index (χ3n) is 5.36. The van der Waals surface area contributed by atoms with Crippen molar-refractivity contribution in [1.29, 1.82) is 5.26 Å². The number of nitrogens with one attached hydrogen (secondary N) is 1. The summed E-state index contributed by atoms with van der Waals surface area (Å²) in [7, 11) is 0. The molecule has 29 heavy (non-hydrogen) atoms. The average Bonchev–Trinajstić information content (AvgIpc) is 3.44. The van der Waals surface area contributed by atoms with Crippen LogP contribution >= 0.6 is 0 Å². The van der Waals surface area contributed by atoms with E-state index in [-0.39, 0.29) is 6.04 Å². The lowest BCUT2D eigenvalue weighted by atomic mass is 9.97. The third kappa shape index (κ3) is 3.22. The summed E-state index contributed by atoms with van der Waals surface area (Å²) in [6, 6.07) is 17.7. The number of imidazole rings is 1. The van der Waals surface area contributed by atoms with Crippen molar-refractivity contribution in [1.82, 2.24) is 19.9 Å². The Bertz CT molecular complexity index is 1170. The van der Waals surface area contributed by atoms with Crippen LogP contribution in [0.4, 0.5) is 0 Å². The van der Waals surface area contributed by atoms with E-state index in [2.05, 4.69) is 32.0 Å². The Morgan fingerprint density at radius 1 is 1.17 bits per heavy atom. The number of nitriles is 1. The molecular weight excluding hydrogens is 362 g/mol. The molecule has 0 radical (unpaired) electrons. The Morgan fingerprint density at radius 2 is 2.10 bits per heavy atom. The molecule has 1 aliphatic rings. The number of aromatic nitrogens is 3. The van der Waals surface area contributed by atoms with Gasteiger partial charge in [0.1, 0.15) is 11.5 Å². The van der Waals surface area contributed by atoms with Crippen LogP contribution in [-0.4, -0.2) is 26.4 Å². The molecule has 0 bridgehead atoms. The number of pyridine rings is 1. The summed E-state index contributed by atoms with van der Waals surface area (Å²) in [4.78, 5) is 14.5. The highest BCUT2D eigenvalue weighted by Gasteiger charge is 2.31. The summed E-state index contributed by atoms with van der Waals surface area (Å²) in [5.41, 5.74) is 4.77. The summed E-state index contributed by atoms with van der Waals surface area (Å²) in [6.45, 7) is 1.54. The van der Waals surface area contributed by atoms with Gasteiger partial charge in [0.2, 0.25) is 0 Å². The van der Waals surface area contributed by atoms with Gasteiger partial charge < -0.3 is 9.40 Å². The first kappa shape index (κ1) is 17.4. The zero-order chi connectivity index (χ0) is 19.6. The minimum absolute atomic E-state index is 0.0265. The van der Waals surface area contributed by atoms with Crippen LogP contribution in [0.2, 0.25) is 0 Å². The predicted octanol–water partition coefficient (Wildman–Crippen LogP) is 4.08. The monoisotopic (exact) mass is 381 g/mol. The molecule has 1 aromatic carbocycles. The van der Waals surface area contributed by atoms with Crippen molar-refractivity contribution in [2.45, 2.75) is 19.0 Å². The summed E-state index contributed by atoms with van der Waals surface area (Å²) in [6.07, 6.45) is 6.37. The molecule has 0 unspecified atom stereocenters. The van der Waals surface area contributed by atoms with Crippen LogP contribution in [0.15, 0.2) is 71.7 Å². The van der Waals surface area contributed by atoms with Crippen LogP contribution in [0.1, 0.15) is 34.3 Å². The first-order chi connectivity index (χ1) is 14.3. The standard InChI is InChI=1S/C23H19N5O/c24-12-16-4-1-2-6-19(16)21-8-7-18(29-21)14-28-11-9-20-22(27-15-26-20)23(28)17-5-3-10-25-13-17/h1-8,10,13,15,23H,9,11,14H2,(H,26,27)/t23-/m1/s1. The first-order valence-corrected chi connectivity index (χ1v) is 9.58. The predicted molar refractivity (Wildman–Crippen MR) is 108 cm³/mol. The molecule has 6 heteroatoms. The third-order valence-corrected chi connectivity index (χ3v) is 5.36. The summed E-state index contributed by atoms with van der Waals surface area (Å²) in [5.74, 6) is 1.58. The zero-order valence-electron chi connectivity index (χ0n) is 15.7. The Morgan fingerprint density at radius 3 is 2.97 bits per heavy atom. The van der Waals surface area contributed by atoms with E-state index in [9.17, 15) is 5.26 Å². The normalized spacial score (nSPS) is 16.3. The molecule has 142 valence electrons. The van der Waals surface area contributed by atoms with Crippen molar-refractivity contribution in [3.05, 3.63) is 95.5 Å². The number of rotatable bonds is 4. The summed E-state index contributed by atoms with van der Waals surface area (Å²) in [5, 5.41) is 9.37. The largest absolute Gasteiger partial charge is 0.460 e. The first-order valence-electron chi connectivity index (χ1n) is 9.58. The molecule has 6 nitrogen and oxygen atoms in total. The van der Waals surface area contributed by atoms with Gasteiger partial charge in [0.05, 0.1) is 36.2 Å². The van der Waals surface area contributed by atoms with E-state index in [0.29, 0.717) is 17.9 Å². The second-order valence-electron chi connectivity index (χ2n) is 7.10. The zero-order valence-corrected chi connectivity index (χ0v) is 15.7. The molecule has 0 saturated carbocycles. The van der Waals surface area contributed by atoms with Crippen molar-refractivity contribution in [3.63, 3.8) is 0 Å². The average molecular weight is 381 g/mol. The molecule has 5 rings (SSSR count). The second kappa shape index (κ2) is 7.38. The van der Waals surface area contributed by atoms with Crippen molar-refractivity contribution in [2.24, 2.45) is 0 Å². The van der Waals surface area contributed by atoms with Crippen molar-refractivity contribution in [2.75, 3.05) is 6.54 Å². The topological polar surface area (TPSA) is 81.7 Å². The van der Waals surface area contributed by atoms with E-state index in [1.54, 1.807) is 18.6 Å². The molecule has 0 amide bonds. The molecule has 0 saturated heterocycles. The molecule has 1 aliphatic heterocycles. The number of benzene rings is 1. The number of hydrogen-bond acceptors (Lipinski definition) is 5. The quantitative estimate of drug-likeness (QED) is 0.576. The molecule has 0 aliphatic carbocycles. The summed E-state index contributed by atoms with van der Waals surface area (Å²) >= 11 is 0. The number of aromatic amines is 1. The maximum Gasteiger partial charge on any atom is 0.135 e. The fourth-order valence-corrected chi connectivity index (χ4v) is 4.00. The minimum Gasteiger partial charge on any atom is -0.460 e. The van der Waals surface area contributed by atoms with Gasteiger partial charge in [0.25, 0.3) is 0 Å². The fourth-order valence-electron chi connectivity index (χ4n) is 4.00. The van der Waals surface area contributed by atoms with Crippen LogP contribution in [0, 0.1) is 11.3 Å². The lowest BCUT2D eigenvalue weighted by Crippen LogP contribution is -2.35. The van der Waals surface area contributed by atoms with Gasteiger partial charge in [-0.3, -0.25) is 9.88 Å². The highest BCUT2D eigenvalue weighted by Crippen LogP contribution is 2.35. The Balaban J connectivity index is 1.46. The van der Waals surface area contributed by atoms with Gasteiger partial charge in [-0.1, -0.05) is 18.2 Å². The van der Waals surface area contributed by atoms with E-state index >= 15 is 0 Å². The number of fused-ring (bicyclic) bond motifs is 1. The fraction of sp³-hybridized carbons (Fsp3) is 0.174. The van der Waals surface area contributed by atoms with Gasteiger partial charge in [0.15, 0.2) is 0 Å². The van der Waals surface area contributed by atoms with Crippen molar-refractivity contribution < 1.29 is 4.42 Å². The van der Waals surface area contributed by atoms with E-state index < -0.39 is 0 Å². The van der Waals surface area contributed by atoms with Gasteiger partial charge in [-0.15, -0.1) is 0 Å². The van der Waals surface area contributed by atoms with E-state index in [0.717, 1.165) is 35.5 Å². The molecule has 1 atom stereocenters. The van der Waals surface area contributed by atoms with Gasteiger partial charge in [-0.25, -0.2) is 4.98 Å². The van der Waals surface area contributed by atoms with Crippen molar-refractivity contribution in [3.8, 4) is 17.4 Å². The molecule has 4 heterocycles. The molecular formula is C23H19N5O. The highest BCUT2D eigenvalue weighted by molar-refractivity contribution is 5.66. The van der Waals surface area contributed by atoms with E-state index in [1.165, 1.54) is 5.69 Å². The number of hydrogen-bond donors (Lipinski definition) is 1. The SMILES string of the molecule is N#Cc1ccccc1-c1ccc(CN2CCc3[nH]cnc3[C@H]2c2cccnc2)o1. The van der Waals surface area contributed by atoms with Gasteiger partial charge in [-0.2, -0.15) is 5.26 Å². The van der Waals surface area contributed by atoms with Crippen LogP contribution < -0.4 is 0 Å². The number of nitrogens with zero attached hydrogens (tertiary/aromatic N) is 4. The number of H-pyrrole nitrogens is 1. The second-order valence-corrected chi connectivity index (χ2v) is 7.10. The van der Waals surface area contributed by atoms with Crippen molar-refractivity contribution >= 4 is 0 Å². The molecule has 3 aromatic heterocycles. The van der Waals surface area contributed by atoms with Gasteiger partial charge in [-0.05, 0) is 35.9 Å². The van der Waals surface area contributed by atoms with E-state index in [4.69, 9.17) is 4.42 Å². The lowest BCUT2D eigenvalue weighted by Gasteiger charge is -2.34. The number of furan rings is 1. The maximum atomic E-state index is 9.37. The minimum atomic E-state index is 0.0265. The molecule has 1 N–H and O–H groups in total. The molecule has 0 fully saturated rings. The molecule has 4 aromatic rings. The maximum absolute atomic E-state index is 9.37. The summed E-state index contributed by atoms with van der Waals surface area (Å²) < 4.78 is 6.13. The van der Waals surface area contributed by atoms with Crippen LogP contribution in [0.5, 0.6) is 0 Å². The Labute approximate surface area is 168 Å². The van der Waals surface area contributed by atoms with Gasteiger partial charge >= 0.3 is 0 Å². The van der Waals surface area contributed by atoms with Gasteiger partial charge in [0, 0.05) is 36.6 Å². The van der Waals surface area contributed by atoms with E-state index in [1.807, 2.05) is 42.6 Å². The Hall–Kier alpha value is -3.69. The molecule has 0 spiro atoms. The highest BCUT2D eigenvalue weighted by atomic mass is 16.3. The smallest absolute Gasteiger partial charge is 0.135 e. The van der Waals surface area contributed by atoms with Crippen LogP contribution in [0.3, 0.4) is 0 Å². The Kier molecular flexibility index (Phi) is 4.43. The van der Waals surface area contributed by atoms with Crippen LogP contribution in [0.25, 0.3) is 11.3 Å². The van der Waals surface area contributed by atoms with Crippen LogP contribution in [-0.2, 0) is 13.0 Å².